The number of nitrogens with zero attached hydrogens (tertiary/aromatic N) is 1. The van der Waals surface area contributed by atoms with Crippen molar-refractivity contribution < 1.29 is 18.7 Å². The van der Waals surface area contributed by atoms with E-state index in [2.05, 4.69) is 10.3 Å². The van der Waals surface area contributed by atoms with Crippen LogP contribution in [-0.2, 0) is 4.79 Å². The third-order valence-electron chi connectivity index (χ3n) is 2.62. The molecule has 0 radical (unpaired) electrons. The molecule has 0 aliphatic heterocycles. The van der Waals surface area contributed by atoms with Crippen molar-refractivity contribution in [2.75, 3.05) is 11.9 Å². The molecule has 0 aliphatic rings. The molecule has 0 bridgehead atoms. The Balaban J connectivity index is 1.95. The summed E-state index contributed by atoms with van der Waals surface area (Å²) in [5, 5.41) is 2.55. The number of aryl methyl sites for hydroxylation is 1. The summed E-state index contributed by atoms with van der Waals surface area (Å²) in [6.07, 6.45) is 0.570. The van der Waals surface area contributed by atoms with Crippen LogP contribution in [0.25, 0.3) is 0 Å². The predicted molar refractivity (Wildman–Crippen MR) is 74.9 cm³/mol. The Morgan fingerprint density at radius 3 is 2.67 bits per heavy atom. The molecule has 6 heteroatoms. The van der Waals surface area contributed by atoms with E-state index in [0.29, 0.717) is 17.7 Å². The lowest BCUT2D eigenvalue weighted by molar-refractivity contribution is -0.118. The molecule has 1 aromatic carbocycles. The van der Waals surface area contributed by atoms with Crippen molar-refractivity contribution in [3.63, 3.8) is 0 Å². The number of aldehydes is 1. The van der Waals surface area contributed by atoms with Crippen LogP contribution in [0.15, 0.2) is 36.4 Å². The third kappa shape index (κ3) is 4.10. The highest BCUT2D eigenvalue weighted by molar-refractivity contribution is 5.92. The number of anilines is 1. The molecule has 1 N–H and O–H groups in total. The second-order valence-corrected chi connectivity index (χ2v) is 4.30. The van der Waals surface area contributed by atoms with Gasteiger partial charge in [-0.2, -0.15) is 0 Å². The quantitative estimate of drug-likeness (QED) is 0.858. The summed E-state index contributed by atoms with van der Waals surface area (Å²) in [6, 6.07) is 8.63. The van der Waals surface area contributed by atoms with Gasteiger partial charge in [-0.3, -0.25) is 9.59 Å². The summed E-state index contributed by atoms with van der Waals surface area (Å²) < 4.78 is 18.0. The van der Waals surface area contributed by atoms with E-state index < -0.39 is 5.91 Å². The van der Waals surface area contributed by atoms with Gasteiger partial charge < -0.3 is 10.1 Å². The van der Waals surface area contributed by atoms with Gasteiger partial charge in [-0.15, -0.1) is 0 Å². The van der Waals surface area contributed by atoms with E-state index >= 15 is 0 Å². The van der Waals surface area contributed by atoms with Gasteiger partial charge in [0.2, 0.25) is 0 Å². The number of pyridine rings is 1. The zero-order valence-electron chi connectivity index (χ0n) is 11.3. The molecule has 0 unspecified atom stereocenters. The Kier molecular flexibility index (Phi) is 4.61. The number of hydrogen-bond acceptors (Lipinski definition) is 4. The SMILES string of the molecule is Cc1ccc(OCC(=O)Nc2ccc(F)cc2)c(C=O)n1. The zero-order valence-corrected chi connectivity index (χ0v) is 11.3. The van der Waals surface area contributed by atoms with Crippen LogP contribution in [0.2, 0.25) is 0 Å². The van der Waals surface area contributed by atoms with E-state index in [1.54, 1.807) is 19.1 Å². The van der Waals surface area contributed by atoms with Crippen LogP contribution in [0.3, 0.4) is 0 Å². The normalized spacial score (nSPS) is 10.0. The second kappa shape index (κ2) is 6.60. The number of ether oxygens (including phenoxy) is 1. The van der Waals surface area contributed by atoms with Crippen molar-refractivity contribution in [1.82, 2.24) is 4.98 Å². The summed E-state index contributed by atoms with van der Waals surface area (Å²) in [4.78, 5) is 26.6. The maximum atomic E-state index is 12.7. The Hall–Kier alpha value is -2.76. The summed E-state index contributed by atoms with van der Waals surface area (Å²) in [7, 11) is 0. The monoisotopic (exact) mass is 288 g/mol. The van der Waals surface area contributed by atoms with Gasteiger partial charge in [-0.05, 0) is 43.3 Å². The summed E-state index contributed by atoms with van der Waals surface area (Å²) in [5.74, 6) is -0.561. The van der Waals surface area contributed by atoms with Gasteiger partial charge in [0.05, 0.1) is 0 Å². The molecule has 0 saturated carbocycles. The van der Waals surface area contributed by atoms with E-state index in [-0.39, 0.29) is 23.9 Å². The number of carbonyl (C=O) groups excluding carboxylic acids is 2. The Bertz CT molecular complexity index is 656. The van der Waals surface area contributed by atoms with Gasteiger partial charge in [0.15, 0.2) is 12.9 Å². The molecule has 21 heavy (non-hydrogen) atoms. The van der Waals surface area contributed by atoms with E-state index in [1.807, 2.05) is 0 Å². The molecule has 1 amide bonds. The van der Waals surface area contributed by atoms with Crippen LogP contribution in [0, 0.1) is 12.7 Å². The summed E-state index contributed by atoms with van der Waals surface area (Å²) >= 11 is 0. The first kappa shape index (κ1) is 14.6. The fourth-order valence-corrected chi connectivity index (χ4v) is 1.64. The molecule has 108 valence electrons. The molecule has 2 rings (SSSR count). The van der Waals surface area contributed by atoms with Crippen molar-refractivity contribution in [2.24, 2.45) is 0 Å². The average molecular weight is 288 g/mol. The van der Waals surface area contributed by atoms with E-state index in [4.69, 9.17) is 4.74 Å². The van der Waals surface area contributed by atoms with Crippen LogP contribution in [0.4, 0.5) is 10.1 Å². The van der Waals surface area contributed by atoms with Crippen molar-refractivity contribution in [3.8, 4) is 5.75 Å². The molecule has 0 spiro atoms. The Labute approximate surface area is 120 Å². The molecule has 0 fully saturated rings. The van der Waals surface area contributed by atoms with Gasteiger partial charge in [0, 0.05) is 11.4 Å². The Morgan fingerprint density at radius 2 is 2.00 bits per heavy atom. The van der Waals surface area contributed by atoms with Crippen molar-refractivity contribution in [3.05, 3.63) is 53.6 Å². The number of carbonyl (C=O) groups is 2. The minimum Gasteiger partial charge on any atom is -0.481 e. The first-order valence-corrected chi connectivity index (χ1v) is 6.19. The van der Waals surface area contributed by atoms with Crippen LogP contribution < -0.4 is 10.1 Å². The number of nitrogens with one attached hydrogen (secondary N) is 1. The van der Waals surface area contributed by atoms with Gasteiger partial charge >= 0.3 is 0 Å². The lowest BCUT2D eigenvalue weighted by Crippen LogP contribution is -2.20. The number of benzene rings is 1. The highest BCUT2D eigenvalue weighted by Crippen LogP contribution is 2.15. The lowest BCUT2D eigenvalue weighted by atomic mass is 10.3. The number of rotatable bonds is 5. The molecule has 0 aliphatic carbocycles. The molecule has 0 saturated heterocycles. The van der Waals surface area contributed by atoms with Gasteiger partial charge in [-0.25, -0.2) is 9.37 Å². The molecule has 5 nitrogen and oxygen atoms in total. The fraction of sp³-hybridized carbons (Fsp3) is 0.133. The van der Waals surface area contributed by atoms with E-state index in [1.165, 1.54) is 24.3 Å². The smallest absolute Gasteiger partial charge is 0.262 e. The average Bonchev–Trinajstić information content (AvgIpc) is 2.48. The molecule has 0 atom stereocenters. The third-order valence-corrected chi connectivity index (χ3v) is 2.62. The summed E-state index contributed by atoms with van der Waals surface area (Å²) in [5.41, 5.74) is 1.28. The zero-order chi connectivity index (χ0) is 15.2. The number of amides is 1. The highest BCUT2D eigenvalue weighted by atomic mass is 19.1. The minimum absolute atomic E-state index is 0.143. The number of hydrogen-bond donors (Lipinski definition) is 1. The molecule has 1 aromatic heterocycles. The van der Waals surface area contributed by atoms with Crippen molar-refractivity contribution in [1.29, 1.82) is 0 Å². The highest BCUT2D eigenvalue weighted by Gasteiger charge is 2.08. The minimum atomic E-state index is -0.418. The van der Waals surface area contributed by atoms with Gasteiger partial charge in [0.1, 0.15) is 17.3 Å². The predicted octanol–water partition coefficient (Wildman–Crippen LogP) is 2.36. The van der Waals surface area contributed by atoms with Gasteiger partial charge in [-0.1, -0.05) is 0 Å². The maximum Gasteiger partial charge on any atom is 0.262 e. The molecular weight excluding hydrogens is 275 g/mol. The largest absolute Gasteiger partial charge is 0.481 e. The van der Waals surface area contributed by atoms with E-state index in [9.17, 15) is 14.0 Å². The molecule has 1 heterocycles. The maximum absolute atomic E-state index is 12.7. The fourth-order valence-electron chi connectivity index (χ4n) is 1.64. The van der Waals surface area contributed by atoms with Gasteiger partial charge in [0.25, 0.3) is 5.91 Å². The van der Waals surface area contributed by atoms with Crippen molar-refractivity contribution in [2.45, 2.75) is 6.92 Å². The van der Waals surface area contributed by atoms with Crippen LogP contribution in [-0.4, -0.2) is 23.8 Å². The van der Waals surface area contributed by atoms with E-state index in [0.717, 1.165) is 0 Å². The molecular formula is C15H13FN2O3. The number of halogens is 1. The first-order valence-electron chi connectivity index (χ1n) is 6.19. The summed E-state index contributed by atoms with van der Waals surface area (Å²) in [6.45, 7) is 1.47. The first-order chi connectivity index (χ1) is 10.1. The topological polar surface area (TPSA) is 68.3 Å². The number of aromatic nitrogens is 1. The second-order valence-electron chi connectivity index (χ2n) is 4.30. The Morgan fingerprint density at radius 1 is 1.29 bits per heavy atom. The standard InChI is InChI=1S/C15H13FN2O3/c1-10-2-7-14(13(8-19)17-10)21-9-15(20)18-12-5-3-11(16)4-6-12/h2-8H,9H2,1H3,(H,18,20). The van der Waals surface area contributed by atoms with Crippen LogP contribution in [0.1, 0.15) is 16.2 Å². The van der Waals surface area contributed by atoms with Crippen molar-refractivity contribution >= 4 is 17.9 Å². The van der Waals surface area contributed by atoms with Crippen LogP contribution >= 0.6 is 0 Å². The van der Waals surface area contributed by atoms with Crippen LogP contribution in [0.5, 0.6) is 5.75 Å². The molecule has 2 aromatic rings. The lowest BCUT2D eigenvalue weighted by Gasteiger charge is -2.09.